The van der Waals surface area contributed by atoms with E-state index in [0.29, 0.717) is 44.1 Å². The van der Waals surface area contributed by atoms with Crippen molar-refractivity contribution < 1.29 is 19.1 Å². The molecule has 0 bridgehead atoms. The highest BCUT2D eigenvalue weighted by Gasteiger charge is 2.42. The molecule has 0 aromatic heterocycles. The summed E-state index contributed by atoms with van der Waals surface area (Å²) >= 11 is 0. The molecule has 1 aromatic carbocycles. The molecule has 7 nitrogen and oxygen atoms in total. The minimum Gasteiger partial charge on any atom is -0.379 e. The van der Waals surface area contributed by atoms with Gasteiger partial charge in [0.2, 0.25) is 0 Å². The number of imide groups is 1. The molecule has 3 aliphatic rings. The number of hydrogen-bond acceptors (Lipinski definition) is 6. The zero-order valence-corrected chi connectivity index (χ0v) is 18.0. The summed E-state index contributed by atoms with van der Waals surface area (Å²) in [6.45, 7) is 11.1. The van der Waals surface area contributed by atoms with Gasteiger partial charge in [0.25, 0.3) is 11.8 Å². The highest BCUT2D eigenvalue weighted by molar-refractivity contribution is 6.35. The molecule has 0 saturated carbocycles. The summed E-state index contributed by atoms with van der Waals surface area (Å²) < 4.78 is 10.9. The van der Waals surface area contributed by atoms with Gasteiger partial charge in [-0.1, -0.05) is 23.8 Å². The minimum absolute atomic E-state index is 0.168. The van der Waals surface area contributed by atoms with Crippen LogP contribution in [-0.4, -0.2) is 92.2 Å². The molecule has 1 aromatic rings. The standard InChI is InChI=1S/C23H31N3O4/c1-17-4-5-19(18(2)16-17)20-21(25-10-14-30-15-11-25)23(28)26(22(20)27)7-3-6-24-8-12-29-13-9-24/h4-5,16H,3,6-15H2,1-2H3. The first kappa shape index (κ1) is 21.0. The van der Waals surface area contributed by atoms with Crippen LogP contribution in [-0.2, 0) is 19.1 Å². The number of hydrogen-bond donors (Lipinski definition) is 0. The van der Waals surface area contributed by atoms with E-state index in [1.54, 1.807) is 0 Å². The lowest BCUT2D eigenvalue weighted by atomic mass is 9.97. The Morgan fingerprint density at radius 1 is 0.867 bits per heavy atom. The molecular weight excluding hydrogens is 382 g/mol. The van der Waals surface area contributed by atoms with E-state index in [-0.39, 0.29) is 11.8 Å². The maximum absolute atomic E-state index is 13.4. The molecule has 3 aliphatic heterocycles. The molecule has 30 heavy (non-hydrogen) atoms. The van der Waals surface area contributed by atoms with Crippen molar-refractivity contribution in [3.05, 3.63) is 40.6 Å². The third-order valence-electron chi connectivity index (χ3n) is 6.08. The number of nitrogens with zero attached hydrogens (tertiary/aromatic N) is 3. The fourth-order valence-electron chi connectivity index (χ4n) is 4.46. The van der Waals surface area contributed by atoms with E-state index in [0.717, 1.165) is 56.0 Å². The van der Waals surface area contributed by atoms with Crippen molar-refractivity contribution in [2.45, 2.75) is 20.3 Å². The van der Waals surface area contributed by atoms with Crippen molar-refractivity contribution >= 4 is 17.4 Å². The molecular formula is C23H31N3O4. The molecule has 162 valence electrons. The summed E-state index contributed by atoms with van der Waals surface area (Å²) in [6, 6.07) is 6.05. The summed E-state index contributed by atoms with van der Waals surface area (Å²) in [4.78, 5) is 32.6. The lowest BCUT2D eigenvalue weighted by Crippen LogP contribution is -2.41. The first-order chi connectivity index (χ1) is 14.6. The largest absolute Gasteiger partial charge is 0.379 e. The second-order valence-corrected chi connectivity index (χ2v) is 8.21. The number of amides is 2. The molecule has 0 aliphatic carbocycles. The second-order valence-electron chi connectivity index (χ2n) is 8.21. The summed E-state index contributed by atoms with van der Waals surface area (Å²) in [5.74, 6) is -0.339. The fraction of sp³-hybridized carbons (Fsp3) is 0.565. The molecule has 3 heterocycles. The highest BCUT2D eigenvalue weighted by atomic mass is 16.5. The second kappa shape index (κ2) is 9.29. The molecule has 0 N–H and O–H groups in total. The van der Waals surface area contributed by atoms with E-state index >= 15 is 0 Å². The first-order valence-corrected chi connectivity index (χ1v) is 10.9. The van der Waals surface area contributed by atoms with E-state index in [4.69, 9.17) is 9.47 Å². The van der Waals surface area contributed by atoms with Gasteiger partial charge in [0.1, 0.15) is 5.70 Å². The first-order valence-electron chi connectivity index (χ1n) is 10.9. The van der Waals surface area contributed by atoms with Crippen molar-refractivity contribution in [1.82, 2.24) is 14.7 Å². The van der Waals surface area contributed by atoms with E-state index < -0.39 is 0 Å². The van der Waals surface area contributed by atoms with Gasteiger partial charge in [-0.25, -0.2) is 0 Å². The van der Waals surface area contributed by atoms with Gasteiger partial charge in [0.15, 0.2) is 0 Å². The monoisotopic (exact) mass is 413 g/mol. The minimum atomic E-state index is -0.171. The number of carbonyl (C=O) groups excluding carboxylic acids is 2. The molecule has 7 heteroatoms. The summed E-state index contributed by atoms with van der Waals surface area (Å²) in [6.07, 6.45) is 0.772. The van der Waals surface area contributed by atoms with Gasteiger partial charge in [-0.05, 0) is 31.4 Å². The van der Waals surface area contributed by atoms with Gasteiger partial charge in [-0.3, -0.25) is 19.4 Å². The van der Waals surface area contributed by atoms with Crippen LogP contribution < -0.4 is 0 Å². The smallest absolute Gasteiger partial charge is 0.277 e. The Morgan fingerprint density at radius 3 is 2.20 bits per heavy atom. The number of carbonyl (C=O) groups is 2. The van der Waals surface area contributed by atoms with Crippen LogP contribution in [0.15, 0.2) is 23.9 Å². The Hall–Kier alpha value is -2.22. The number of aryl methyl sites for hydroxylation is 2. The molecule has 2 amide bonds. The van der Waals surface area contributed by atoms with Crippen molar-refractivity contribution in [3.63, 3.8) is 0 Å². The van der Waals surface area contributed by atoms with E-state index in [9.17, 15) is 9.59 Å². The Bertz CT molecular complexity index is 839. The average molecular weight is 414 g/mol. The van der Waals surface area contributed by atoms with Crippen LogP contribution in [0.1, 0.15) is 23.1 Å². The van der Waals surface area contributed by atoms with Crippen molar-refractivity contribution in [2.75, 3.05) is 65.7 Å². The van der Waals surface area contributed by atoms with Gasteiger partial charge < -0.3 is 14.4 Å². The number of morpholine rings is 2. The van der Waals surface area contributed by atoms with Gasteiger partial charge in [0.05, 0.1) is 32.0 Å². The average Bonchev–Trinajstić information content (AvgIpc) is 3.00. The van der Waals surface area contributed by atoms with E-state index in [2.05, 4.69) is 11.0 Å². The van der Waals surface area contributed by atoms with Crippen LogP contribution in [0.2, 0.25) is 0 Å². The summed E-state index contributed by atoms with van der Waals surface area (Å²) in [5, 5.41) is 0. The molecule has 0 atom stereocenters. The number of benzene rings is 1. The van der Waals surface area contributed by atoms with Gasteiger partial charge >= 0.3 is 0 Å². The van der Waals surface area contributed by atoms with E-state index in [1.165, 1.54) is 4.90 Å². The number of rotatable bonds is 6. The predicted molar refractivity (Wildman–Crippen MR) is 114 cm³/mol. The van der Waals surface area contributed by atoms with Crippen LogP contribution in [0, 0.1) is 13.8 Å². The molecule has 0 radical (unpaired) electrons. The number of ether oxygens (including phenoxy) is 2. The molecule has 2 fully saturated rings. The normalized spacial score (nSPS) is 21.1. The third-order valence-corrected chi connectivity index (χ3v) is 6.08. The van der Waals surface area contributed by atoms with E-state index in [1.807, 2.05) is 30.9 Å². The van der Waals surface area contributed by atoms with Crippen molar-refractivity contribution in [2.24, 2.45) is 0 Å². The lowest BCUT2D eigenvalue weighted by molar-refractivity contribution is -0.138. The van der Waals surface area contributed by atoms with Crippen molar-refractivity contribution in [3.8, 4) is 0 Å². The summed E-state index contributed by atoms with van der Waals surface area (Å²) in [5.41, 5.74) is 4.11. The van der Waals surface area contributed by atoms with Crippen LogP contribution in [0.5, 0.6) is 0 Å². The topological polar surface area (TPSA) is 62.3 Å². The maximum Gasteiger partial charge on any atom is 0.277 e. The zero-order valence-electron chi connectivity index (χ0n) is 18.0. The van der Waals surface area contributed by atoms with Gasteiger partial charge in [-0.15, -0.1) is 0 Å². The van der Waals surface area contributed by atoms with Gasteiger partial charge in [-0.2, -0.15) is 0 Å². The molecule has 4 rings (SSSR count). The van der Waals surface area contributed by atoms with Crippen LogP contribution in [0.3, 0.4) is 0 Å². The van der Waals surface area contributed by atoms with Crippen LogP contribution >= 0.6 is 0 Å². The quantitative estimate of drug-likeness (QED) is 0.658. The highest BCUT2D eigenvalue weighted by Crippen LogP contribution is 2.34. The molecule has 0 spiro atoms. The van der Waals surface area contributed by atoms with Crippen LogP contribution in [0.25, 0.3) is 5.57 Å². The third kappa shape index (κ3) is 4.29. The Morgan fingerprint density at radius 2 is 1.53 bits per heavy atom. The molecule has 0 unspecified atom stereocenters. The Balaban J connectivity index is 1.57. The SMILES string of the molecule is Cc1ccc(C2=C(N3CCOCC3)C(=O)N(CCCN3CCOCC3)C2=O)c(C)c1. The van der Waals surface area contributed by atoms with Crippen molar-refractivity contribution in [1.29, 1.82) is 0 Å². The summed E-state index contributed by atoms with van der Waals surface area (Å²) in [7, 11) is 0. The zero-order chi connectivity index (χ0) is 21.1. The fourth-order valence-corrected chi connectivity index (χ4v) is 4.46. The predicted octanol–water partition coefficient (Wildman–Crippen LogP) is 1.44. The Kier molecular flexibility index (Phi) is 6.51. The Labute approximate surface area is 178 Å². The van der Waals surface area contributed by atoms with Gasteiger partial charge in [0, 0.05) is 39.3 Å². The maximum atomic E-state index is 13.4. The lowest BCUT2D eigenvalue weighted by Gasteiger charge is -2.30. The van der Waals surface area contributed by atoms with Crippen LogP contribution in [0.4, 0.5) is 0 Å². The molecule has 2 saturated heterocycles.